The zero-order valence-corrected chi connectivity index (χ0v) is 13.5. The zero-order chi connectivity index (χ0) is 15.6. The summed E-state index contributed by atoms with van der Waals surface area (Å²) in [7, 11) is 2.13. The van der Waals surface area contributed by atoms with Gasteiger partial charge in [-0.25, -0.2) is 0 Å². The fourth-order valence-corrected chi connectivity index (χ4v) is 2.94. The molecule has 1 aliphatic rings. The van der Waals surface area contributed by atoms with E-state index in [1.54, 1.807) is 0 Å². The lowest BCUT2D eigenvalue weighted by Crippen LogP contribution is -2.56. The maximum Gasteiger partial charge on any atom is 0.223 e. The molecule has 1 aromatic carbocycles. The summed E-state index contributed by atoms with van der Waals surface area (Å²) in [5.41, 5.74) is 7.65. The highest BCUT2D eigenvalue weighted by Gasteiger charge is 2.29. The molecular formula is C17H27N3O. The molecule has 1 amide bonds. The fraction of sp³-hybridized carbons (Fsp3) is 0.588. The number of anilines is 1. The molecule has 0 radical (unpaired) electrons. The number of benzene rings is 1. The molecule has 2 N–H and O–H groups in total. The molecule has 1 saturated heterocycles. The molecule has 3 atom stereocenters. The topological polar surface area (TPSA) is 49.6 Å². The Bertz CT molecular complexity index is 473. The van der Waals surface area contributed by atoms with Crippen LogP contribution in [-0.4, -0.2) is 47.9 Å². The molecule has 21 heavy (non-hydrogen) atoms. The van der Waals surface area contributed by atoms with Gasteiger partial charge in [-0.3, -0.25) is 9.69 Å². The van der Waals surface area contributed by atoms with Crippen LogP contribution >= 0.6 is 0 Å². The molecule has 0 aromatic heterocycles. The smallest absolute Gasteiger partial charge is 0.223 e. The van der Waals surface area contributed by atoms with Crippen molar-refractivity contribution in [3.8, 4) is 0 Å². The minimum Gasteiger partial charge on any atom is -0.399 e. The van der Waals surface area contributed by atoms with Gasteiger partial charge in [0.1, 0.15) is 0 Å². The minimum absolute atomic E-state index is 0.225. The summed E-state index contributed by atoms with van der Waals surface area (Å²) in [5.74, 6) is 0.481. The van der Waals surface area contributed by atoms with E-state index in [1.807, 2.05) is 29.2 Å². The summed E-state index contributed by atoms with van der Waals surface area (Å²) in [5, 5.41) is 0. The lowest BCUT2D eigenvalue weighted by atomic mass is 9.96. The van der Waals surface area contributed by atoms with Crippen molar-refractivity contribution in [3.05, 3.63) is 29.8 Å². The number of hydrogen-bond acceptors (Lipinski definition) is 3. The Morgan fingerprint density at radius 1 is 1.24 bits per heavy atom. The van der Waals surface area contributed by atoms with Gasteiger partial charge in [0.25, 0.3) is 0 Å². The molecule has 1 heterocycles. The quantitative estimate of drug-likeness (QED) is 0.869. The van der Waals surface area contributed by atoms with Crippen molar-refractivity contribution >= 4 is 11.6 Å². The van der Waals surface area contributed by atoms with Crippen LogP contribution in [0.15, 0.2) is 24.3 Å². The highest BCUT2D eigenvalue weighted by Crippen LogP contribution is 2.22. The number of nitrogen functional groups attached to an aromatic ring is 1. The molecule has 1 fully saturated rings. The Kier molecular flexibility index (Phi) is 4.88. The van der Waals surface area contributed by atoms with Gasteiger partial charge in [-0.2, -0.15) is 0 Å². The summed E-state index contributed by atoms with van der Waals surface area (Å²) in [6.07, 6.45) is 0.563. The average molecular weight is 289 g/mol. The van der Waals surface area contributed by atoms with Crippen molar-refractivity contribution in [1.29, 1.82) is 0 Å². The third kappa shape index (κ3) is 3.76. The van der Waals surface area contributed by atoms with Gasteiger partial charge in [-0.05, 0) is 44.5 Å². The highest BCUT2D eigenvalue weighted by atomic mass is 16.2. The first-order valence-corrected chi connectivity index (χ1v) is 7.73. The minimum atomic E-state index is 0.225. The molecular weight excluding hydrogens is 262 g/mol. The van der Waals surface area contributed by atoms with Gasteiger partial charge >= 0.3 is 0 Å². The summed E-state index contributed by atoms with van der Waals surface area (Å²) in [6.45, 7) is 8.12. The Hall–Kier alpha value is -1.55. The number of carbonyl (C=O) groups excluding carboxylic acids is 1. The van der Waals surface area contributed by atoms with Crippen LogP contribution in [0.4, 0.5) is 5.69 Å². The van der Waals surface area contributed by atoms with Crippen molar-refractivity contribution < 1.29 is 4.79 Å². The number of likely N-dealkylation sites (N-methyl/N-ethyl adjacent to an activating group) is 1. The predicted molar refractivity (Wildman–Crippen MR) is 87.2 cm³/mol. The maximum atomic E-state index is 12.5. The van der Waals surface area contributed by atoms with Crippen LogP contribution in [0.2, 0.25) is 0 Å². The van der Waals surface area contributed by atoms with Crippen molar-refractivity contribution in [3.63, 3.8) is 0 Å². The van der Waals surface area contributed by atoms with Crippen LogP contribution in [0.25, 0.3) is 0 Å². The third-order valence-electron chi connectivity index (χ3n) is 4.70. The van der Waals surface area contributed by atoms with Crippen molar-refractivity contribution in [1.82, 2.24) is 9.80 Å². The molecule has 0 aliphatic carbocycles. The predicted octanol–water partition coefficient (Wildman–Crippen LogP) is 2.31. The summed E-state index contributed by atoms with van der Waals surface area (Å²) in [6, 6.07) is 8.67. The molecule has 0 saturated carbocycles. The molecule has 3 unspecified atom stereocenters. The third-order valence-corrected chi connectivity index (χ3v) is 4.70. The SMILES string of the molecule is CC(CC(=O)N1CC(C)N(C)C(C)C1)c1ccc(N)cc1. The Labute approximate surface area is 127 Å². The van der Waals surface area contributed by atoms with Crippen LogP contribution in [0, 0.1) is 0 Å². The van der Waals surface area contributed by atoms with Crippen molar-refractivity contribution in [2.45, 2.75) is 45.2 Å². The Balaban J connectivity index is 1.96. The number of amides is 1. The maximum absolute atomic E-state index is 12.5. The van der Waals surface area contributed by atoms with Crippen LogP contribution in [0.1, 0.15) is 38.7 Å². The lowest BCUT2D eigenvalue weighted by molar-refractivity contribution is -0.135. The van der Waals surface area contributed by atoms with E-state index in [0.717, 1.165) is 18.8 Å². The standard InChI is InChI=1S/C17H27N3O/c1-12(15-5-7-16(18)8-6-15)9-17(21)20-10-13(2)19(4)14(3)11-20/h5-8,12-14H,9-11,18H2,1-4H3. The van der Waals surface area contributed by atoms with Crippen LogP contribution in [0.5, 0.6) is 0 Å². The van der Waals surface area contributed by atoms with E-state index in [1.165, 1.54) is 5.56 Å². The van der Waals surface area contributed by atoms with Crippen LogP contribution in [0.3, 0.4) is 0 Å². The molecule has 116 valence electrons. The second-order valence-electron chi connectivity index (χ2n) is 6.43. The number of nitrogens with two attached hydrogens (primary N) is 1. The molecule has 0 bridgehead atoms. The first-order valence-electron chi connectivity index (χ1n) is 7.73. The van der Waals surface area contributed by atoms with Crippen molar-refractivity contribution in [2.75, 3.05) is 25.9 Å². The number of carbonyl (C=O) groups is 1. The molecule has 0 spiro atoms. The van der Waals surface area contributed by atoms with Crippen LogP contribution < -0.4 is 5.73 Å². The van der Waals surface area contributed by atoms with Gasteiger partial charge in [-0.15, -0.1) is 0 Å². The Morgan fingerprint density at radius 3 is 2.29 bits per heavy atom. The monoisotopic (exact) mass is 289 g/mol. The van der Waals surface area contributed by atoms with E-state index in [-0.39, 0.29) is 11.8 Å². The van der Waals surface area contributed by atoms with Gasteiger partial charge in [0.15, 0.2) is 0 Å². The largest absolute Gasteiger partial charge is 0.399 e. The van der Waals surface area contributed by atoms with Crippen LogP contribution in [-0.2, 0) is 4.79 Å². The van der Waals surface area contributed by atoms with Gasteiger partial charge < -0.3 is 10.6 Å². The van der Waals surface area contributed by atoms with E-state index >= 15 is 0 Å². The van der Waals surface area contributed by atoms with E-state index in [2.05, 4.69) is 32.7 Å². The lowest BCUT2D eigenvalue weighted by Gasteiger charge is -2.42. The molecule has 4 nitrogen and oxygen atoms in total. The number of piperazine rings is 1. The first-order chi connectivity index (χ1) is 9.88. The summed E-state index contributed by atoms with van der Waals surface area (Å²) >= 11 is 0. The fourth-order valence-electron chi connectivity index (χ4n) is 2.94. The summed E-state index contributed by atoms with van der Waals surface area (Å²) < 4.78 is 0. The number of nitrogens with zero attached hydrogens (tertiary/aromatic N) is 2. The van der Waals surface area contributed by atoms with Gasteiger partial charge in [0, 0.05) is 37.3 Å². The first kappa shape index (κ1) is 15.8. The Morgan fingerprint density at radius 2 is 1.76 bits per heavy atom. The van der Waals surface area contributed by atoms with Gasteiger partial charge in [0.05, 0.1) is 0 Å². The molecule has 4 heteroatoms. The number of hydrogen-bond donors (Lipinski definition) is 1. The van der Waals surface area contributed by atoms with Gasteiger partial charge in [-0.1, -0.05) is 19.1 Å². The second kappa shape index (κ2) is 6.48. The average Bonchev–Trinajstić information content (AvgIpc) is 2.44. The van der Waals surface area contributed by atoms with E-state index in [9.17, 15) is 4.79 Å². The summed E-state index contributed by atoms with van der Waals surface area (Å²) in [4.78, 5) is 16.9. The number of rotatable bonds is 3. The van der Waals surface area contributed by atoms with E-state index in [4.69, 9.17) is 5.73 Å². The van der Waals surface area contributed by atoms with E-state index < -0.39 is 0 Å². The van der Waals surface area contributed by atoms with Gasteiger partial charge in [0.2, 0.25) is 5.91 Å². The van der Waals surface area contributed by atoms with E-state index in [0.29, 0.717) is 18.5 Å². The molecule has 2 rings (SSSR count). The normalized spacial score (nSPS) is 24.9. The molecule has 1 aliphatic heterocycles. The second-order valence-corrected chi connectivity index (χ2v) is 6.43. The molecule has 1 aromatic rings. The highest BCUT2D eigenvalue weighted by molar-refractivity contribution is 5.77. The van der Waals surface area contributed by atoms with Crippen molar-refractivity contribution in [2.24, 2.45) is 0 Å². The zero-order valence-electron chi connectivity index (χ0n) is 13.5.